The second kappa shape index (κ2) is 6.94. The molecule has 1 saturated carbocycles. The van der Waals surface area contributed by atoms with E-state index in [0.29, 0.717) is 17.7 Å². The van der Waals surface area contributed by atoms with Crippen molar-refractivity contribution in [2.75, 3.05) is 5.32 Å². The number of halogens is 1. The highest BCUT2D eigenvalue weighted by atomic mass is 35.5. The van der Waals surface area contributed by atoms with E-state index >= 15 is 0 Å². The van der Waals surface area contributed by atoms with Crippen molar-refractivity contribution in [3.05, 3.63) is 40.8 Å². The van der Waals surface area contributed by atoms with Gasteiger partial charge in [0, 0.05) is 29.6 Å². The van der Waals surface area contributed by atoms with E-state index in [1.165, 1.54) is 6.07 Å². The summed E-state index contributed by atoms with van der Waals surface area (Å²) in [5, 5.41) is 3.66. The van der Waals surface area contributed by atoms with E-state index in [9.17, 15) is 9.59 Å². The molecule has 6 heteroatoms. The summed E-state index contributed by atoms with van der Waals surface area (Å²) in [5.74, 6) is 0.262. The van der Waals surface area contributed by atoms with E-state index in [4.69, 9.17) is 10.2 Å². The molecule has 118 valence electrons. The van der Waals surface area contributed by atoms with Gasteiger partial charge in [-0.2, -0.15) is 0 Å². The molecule has 22 heavy (non-hydrogen) atoms. The van der Waals surface area contributed by atoms with E-state index in [0.717, 1.165) is 24.6 Å². The van der Waals surface area contributed by atoms with Crippen molar-refractivity contribution in [3.63, 3.8) is 0 Å². The molecule has 1 aliphatic carbocycles. The number of hydrogen-bond donors (Lipinski definition) is 2. The summed E-state index contributed by atoms with van der Waals surface area (Å²) in [6.45, 7) is 0. The summed E-state index contributed by atoms with van der Waals surface area (Å²) >= 11 is 0. The van der Waals surface area contributed by atoms with Crippen LogP contribution in [0.1, 0.15) is 25.7 Å². The van der Waals surface area contributed by atoms with Gasteiger partial charge >= 0.3 is 5.63 Å². The number of fused-ring (bicyclic) bond motifs is 1. The summed E-state index contributed by atoms with van der Waals surface area (Å²) in [6.07, 6.45) is 3.60. The molecule has 1 fully saturated rings. The summed E-state index contributed by atoms with van der Waals surface area (Å²) in [7, 11) is 0. The molecule has 3 rings (SSSR count). The molecule has 0 bridgehead atoms. The molecule has 3 N–H and O–H groups in total. The topological polar surface area (TPSA) is 85.3 Å². The molecular weight excluding hydrogens is 304 g/mol. The van der Waals surface area contributed by atoms with Gasteiger partial charge in [0.05, 0.1) is 0 Å². The zero-order valence-electron chi connectivity index (χ0n) is 12.1. The second-order valence-corrected chi connectivity index (χ2v) is 5.61. The normalized spacial score (nSPS) is 20.6. The van der Waals surface area contributed by atoms with Gasteiger partial charge in [-0.15, -0.1) is 12.4 Å². The van der Waals surface area contributed by atoms with Crippen LogP contribution in [0, 0.1) is 5.92 Å². The maximum Gasteiger partial charge on any atom is 0.336 e. The second-order valence-electron chi connectivity index (χ2n) is 5.61. The fraction of sp³-hybridized carbons (Fsp3) is 0.375. The van der Waals surface area contributed by atoms with Gasteiger partial charge in [-0.25, -0.2) is 4.79 Å². The minimum Gasteiger partial charge on any atom is -0.423 e. The first-order chi connectivity index (χ1) is 10.1. The zero-order valence-corrected chi connectivity index (χ0v) is 12.9. The number of carbonyl (C=O) groups is 1. The maximum atomic E-state index is 12.1. The van der Waals surface area contributed by atoms with E-state index in [2.05, 4.69) is 5.32 Å². The van der Waals surface area contributed by atoms with Gasteiger partial charge in [-0.05, 0) is 43.0 Å². The highest BCUT2D eigenvalue weighted by Crippen LogP contribution is 2.27. The lowest BCUT2D eigenvalue weighted by Crippen LogP contribution is -2.28. The largest absolute Gasteiger partial charge is 0.423 e. The Hall–Kier alpha value is -1.85. The monoisotopic (exact) mass is 322 g/mol. The third-order valence-corrected chi connectivity index (χ3v) is 4.07. The van der Waals surface area contributed by atoms with Crippen molar-refractivity contribution in [3.8, 4) is 0 Å². The molecule has 1 aromatic carbocycles. The van der Waals surface area contributed by atoms with Crippen LogP contribution < -0.4 is 16.7 Å². The molecule has 1 aliphatic rings. The molecule has 2 atom stereocenters. The van der Waals surface area contributed by atoms with Crippen LogP contribution in [-0.2, 0) is 4.79 Å². The van der Waals surface area contributed by atoms with Gasteiger partial charge in [0.1, 0.15) is 5.58 Å². The summed E-state index contributed by atoms with van der Waals surface area (Å²) in [6, 6.07) is 8.41. The number of benzene rings is 1. The van der Waals surface area contributed by atoms with Gasteiger partial charge in [0.15, 0.2) is 0 Å². The lowest BCUT2D eigenvalue weighted by atomic mass is 10.00. The van der Waals surface area contributed by atoms with Crippen molar-refractivity contribution in [2.24, 2.45) is 11.7 Å². The first kappa shape index (κ1) is 16.5. The quantitative estimate of drug-likeness (QED) is 0.851. The van der Waals surface area contributed by atoms with Crippen molar-refractivity contribution in [2.45, 2.75) is 31.7 Å². The maximum absolute atomic E-state index is 12.1. The molecule has 0 radical (unpaired) electrons. The minimum atomic E-state index is -0.380. The molecule has 0 spiro atoms. The van der Waals surface area contributed by atoms with Gasteiger partial charge in [-0.3, -0.25) is 4.79 Å². The van der Waals surface area contributed by atoms with Crippen molar-refractivity contribution in [1.29, 1.82) is 0 Å². The van der Waals surface area contributed by atoms with Gasteiger partial charge < -0.3 is 15.5 Å². The molecule has 5 nitrogen and oxygen atoms in total. The number of rotatable bonds is 3. The molecule has 1 aromatic heterocycles. The van der Waals surface area contributed by atoms with Crippen molar-refractivity contribution >= 4 is 35.0 Å². The molecule has 1 amide bonds. The first-order valence-corrected chi connectivity index (χ1v) is 7.21. The lowest BCUT2D eigenvalue weighted by molar-refractivity contribution is -0.117. The van der Waals surface area contributed by atoms with E-state index in [1.54, 1.807) is 24.3 Å². The lowest BCUT2D eigenvalue weighted by Gasteiger charge is -2.14. The van der Waals surface area contributed by atoms with Crippen LogP contribution in [0.15, 0.2) is 39.5 Å². The van der Waals surface area contributed by atoms with E-state index in [-0.39, 0.29) is 35.9 Å². The molecule has 0 aliphatic heterocycles. The van der Waals surface area contributed by atoms with Crippen molar-refractivity contribution < 1.29 is 9.21 Å². The standard InChI is InChI=1S/C16H18N2O3.ClH/c17-13-3-1-2-10(13)9-15(19)18-12-5-6-14-11(8-12)4-7-16(20)21-14;/h4-8,10,13H,1-3,9,17H2,(H,18,19);1H/t10-,13+;/m0./s1. The molecule has 0 unspecified atom stereocenters. The molecular formula is C16H19ClN2O3. The Bertz CT molecular complexity index is 729. The number of nitrogens with one attached hydrogen (secondary N) is 1. The molecule has 0 saturated heterocycles. The number of anilines is 1. The number of carbonyl (C=O) groups excluding carboxylic acids is 1. The zero-order chi connectivity index (χ0) is 14.8. The molecule has 2 aromatic rings. The Morgan fingerprint density at radius 3 is 2.82 bits per heavy atom. The fourth-order valence-corrected chi connectivity index (χ4v) is 2.92. The number of hydrogen-bond acceptors (Lipinski definition) is 4. The van der Waals surface area contributed by atoms with Crippen LogP contribution in [0.3, 0.4) is 0 Å². The SMILES string of the molecule is Cl.N[C@@H]1CCC[C@H]1CC(=O)Nc1ccc2oc(=O)ccc2c1. The van der Waals surface area contributed by atoms with Crippen LogP contribution in [0.4, 0.5) is 5.69 Å². The molecule has 1 heterocycles. The number of amides is 1. The minimum absolute atomic E-state index is 0. The van der Waals surface area contributed by atoms with Gasteiger partial charge in [0.25, 0.3) is 0 Å². The highest BCUT2D eigenvalue weighted by molar-refractivity contribution is 5.93. The number of nitrogens with two attached hydrogens (primary N) is 1. The Kier molecular flexibility index (Phi) is 5.21. The highest BCUT2D eigenvalue weighted by Gasteiger charge is 2.25. The fourth-order valence-electron chi connectivity index (χ4n) is 2.92. The summed E-state index contributed by atoms with van der Waals surface area (Å²) in [5.41, 5.74) is 6.82. The van der Waals surface area contributed by atoms with E-state index < -0.39 is 0 Å². The van der Waals surface area contributed by atoms with Crippen LogP contribution in [0.2, 0.25) is 0 Å². The first-order valence-electron chi connectivity index (χ1n) is 7.21. The predicted octanol–water partition coefficient (Wildman–Crippen LogP) is 2.67. The van der Waals surface area contributed by atoms with Gasteiger partial charge in [0.2, 0.25) is 5.91 Å². The average molecular weight is 323 g/mol. The Labute approximate surface area is 134 Å². The van der Waals surface area contributed by atoms with Crippen LogP contribution >= 0.6 is 12.4 Å². The van der Waals surface area contributed by atoms with Crippen LogP contribution in [0.25, 0.3) is 11.0 Å². The smallest absolute Gasteiger partial charge is 0.336 e. The average Bonchev–Trinajstić information content (AvgIpc) is 2.84. The Morgan fingerprint density at radius 1 is 1.27 bits per heavy atom. The predicted molar refractivity (Wildman–Crippen MR) is 88.3 cm³/mol. The summed E-state index contributed by atoms with van der Waals surface area (Å²) in [4.78, 5) is 23.2. The summed E-state index contributed by atoms with van der Waals surface area (Å²) < 4.78 is 5.06. The van der Waals surface area contributed by atoms with Crippen LogP contribution in [-0.4, -0.2) is 11.9 Å². The third kappa shape index (κ3) is 3.67. The Morgan fingerprint density at radius 2 is 2.09 bits per heavy atom. The van der Waals surface area contributed by atoms with E-state index in [1.807, 2.05) is 0 Å². The Balaban J connectivity index is 0.00000176. The third-order valence-electron chi connectivity index (χ3n) is 4.07. The van der Waals surface area contributed by atoms with Crippen molar-refractivity contribution in [1.82, 2.24) is 0 Å². The van der Waals surface area contributed by atoms with Gasteiger partial charge in [-0.1, -0.05) is 6.42 Å². The van der Waals surface area contributed by atoms with Crippen LogP contribution in [0.5, 0.6) is 0 Å².